The van der Waals surface area contributed by atoms with Gasteiger partial charge in [0.25, 0.3) is 0 Å². The molecule has 1 fully saturated rings. The van der Waals surface area contributed by atoms with Gasteiger partial charge in [-0.1, -0.05) is 6.08 Å². The highest BCUT2D eigenvalue weighted by molar-refractivity contribution is 5.68. The molecule has 1 N–H and O–H groups in total. The Kier molecular flexibility index (Phi) is 1.67. The quantitative estimate of drug-likeness (QED) is 0.727. The first-order chi connectivity index (χ1) is 6.83. The number of hydrogen-bond donors (Lipinski definition) is 1. The third-order valence-electron chi connectivity index (χ3n) is 3.06. The molecule has 2 atom stereocenters. The Morgan fingerprint density at radius 3 is 2.93 bits per heavy atom. The van der Waals surface area contributed by atoms with Gasteiger partial charge in [0.2, 0.25) is 0 Å². The molecule has 0 unspecified atom stereocenters. The van der Waals surface area contributed by atoms with E-state index in [4.69, 9.17) is 0 Å². The molecule has 72 valence electrons. The molecular weight excluding hydrogens is 179 g/mol. The number of nitrogens with zero attached hydrogens (tertiary/aromatic N) is 1. The van der Waals surface area contributed by atoms with Crippen molar-refractivity contribution in [3.63, 3.8) is 0 Å². The Labute approximate surface area is 81.9 Å². The average molecular weight is 190 g/mol. The summed E-state index contributed by atoms with van der Waals surface area (Å²) < 4.78 is 12.9. The van der Waals surface area contributed by atoms with E-state index in [1.807, 2.05) is 0 Å². The van der Waals surface area contributed by atoms with Gasteiger partial charge in [-0.25, -0.2) is 4.39 Å². The van der Waals surface area contributed by atoms with Gasteiger partial charge in [0.15, 0.2) is 0 Å². The smallest absolute Gasteiger partial charge is 0.142 e. The van der Waals surface area contributed by atoms with Crippen molar-refractivity contribution in [1.29, 1.82) is 0 Å². The van der Waals surface area contributed by atoms with Crippen LogP contribution in [0.25, 0.3) is 5.57 Å². The second-order valence-corrected chi connectivity index (χ2v) is 3.98. The summed E-state index contributed by atoms with van der Waals surface area (Å²) in [5.41, 5.74) is 2.17. The van der Waals surface area contributed by atoms with E-state index < -0.39 is 0 Å². The van der Waals surface area contributed by atoms with Crippen molar-refractivity contribution < 1.29 is 4.39 Å². The summed E-state index contributed by atoms with van der Waals surface area (Å²) in [6.45, 7) is 1.09. The standard InChI is InChI=1S/C11H11FN2/c12-10-2-8(4-13-6-10)7-1-9-5-14-11(9)3-7/h2-4,6,9,11,14H,1,5H2/t9-,11-/m1/s1. The van der Waals surface area contributed by atoms with Crippen molar-refractivity contribution in [2.75, 3.05) is 6.54 Å². The van der Waals surface area contributed by atoms with Crippen molar-refractivity contribution in [3.8, 4) is 0 Å². The van der Waals surface area contributed by atoms with E-state index in [1.165, 1.54) is 11.8 Å². The fraction of sp³-hybridized carbons (Fsp3) is 0.364. The van der Waals surface area contributed by atoms with Gasteiger partial charge < -0.3 is 5.32 Å². The zero-order valence-corrected chi connectivity index (χ0v) is 7.70. The van der Waals surface area contributed by atoms with Gasteiger partial charge in [-0.3, -0.25) is 4.98 Å². The highest BCUT2D eigenvalue weighted by Crippen LogP contribution is 2.36. The van der Waals surface area contributed by atoms with Crippen molar-refractivity contribution >= 4 is 5.57 Å². The molecule has 1 aromatic heterocycles. The van der Waals surface area contributed by atoms with Crippen LogP contribution >= 0.6 is 0 Å². The largest absolute Gasteiger partial charge is 0.310 e. The third kappa shape index (κ3) is 1.16. The predicted octanol–water partition coefficient (Wildman–Crippen LogP) is 1.60. The van der Waals surface area contributed by atoms with Gasteiger partial charge in [0, 0.05) is 18.8 Å². The second-order valence-electron chi connectivity index (χ2n) is 3.98. The van der Waals surface area contributed by atoms with Crippen LogP contribution in [0.4, 0.5) is 4.39 Å². The summed E-state index contributed by atoms with van der Waals surface area (Å²) in [6.07, 6.45) is 6.24. The van der Waals surface area contributed by atoms with E-state index in [9.17, 15) is 4.39 Å². The van der Waals surface area contributed by atoms with Gasteiger partial charge in [-0.2, -0.15) is 0 Å². The van der Waals surface area contributed by atoms with Crippen molar-refractivity contribution in [3.05, 3.63) is 35.9 Å². The van der Waals surface area contributed by atoms with Gasteiger partial charge in [-0.05, 0) is 29.5 Å². The number of halogens is 1. The highest BCUT2D eigenvalue weighted by atomic mass is 19.1. The molecule has 2 heterocycles. The van der Waals surface area contributed by atoms with Crippen LogP contribution in [0.2, 0.25) is 0 Å². The number of allylic oxidation sites excluding steroid dienone is 1. The van der Waals surface area contributed by atoms with Crippen LogP contribution in [-0.4, -0.2) is 17.6 Å². The lowest BCUT2D eigenvalue weighted by Crippen LogP contribution is -2.49. The molecule has 0 spiro atoms. The molecule has 0 radical (unpaired) electrons. The Bertz CT molecular complexity index is 400. The Balaban J connectivity index is 1.92. The third-order valence-corrected chi connectivity index (χ3v) is 3.06. The molecule has 1 aliphatic carbocycles. The van der Waals surface area contributed by atoms with Crippen LogP contribution in [0.3, 0.4) is 0 Å². The van der Waals surface area contributed by atoms with Gasteiger partial charge in [0.1, 0.15) is 5.82 Å². The van der Waals surface area contributed by atoms with E-state index in [0.29, 0.717) is 6.04 Å². The molecule has 3 rings (SSSR count). The number of pyridine rings is 1. The van der Waals surface area contributed by atoms with Crippen LogP contribution in [0.1, 0.15) is 12.0 Å². The minimum absolute atomic E-state index is 0.254. The van der Waals surface area contributed by atoms with Crippen molar-refractivity contribution in [2.24, 2.45) is 5.92 Å². The normalized spacial score (nSPS) is 29.4. The molecule has 0 amide bonds. The second kappa shape index (κ2) is 2.89. The molecule has 0 bridgehead atoms. The highest BCUT2D eigenvalue weighted by Gasteiger charge is 2.34. The maximum atomic E-state index is 12.9. The molecule has 1 aliphatic heterocycles. The van der Waals surface area contributed by atoms with Gasteiger partial charge in [-0.15, -0.1) is 0 Å². The maximum absolute atomic E-state index is 12.9. The Morgan fingerprint density at radius 1 is 1.43 bits per heavy atom. The van der Waals surface area contributed by atoms with E-state index in [2.05, 4.69) is 16.4 Å². The summed E-state index contributed by atoms with van der Waals surface area (Å²) in [4.78, 5) is 3.86. The summed E-state index contributed by atoms with van der Waals surface area (Å²) in [6, 6.07) is 2.08. The maximum Gasteiger partial charge on any atom is 0.142 e. The fourth-order valence-electron chi connectivity index (χ4n) is 2.18. The van der Waals surface area contributed by atoms with Gasteiger partial charge in [0.05, 0.1) is 6.20 Å². The summed E-state index contributed by atoms with van der Waals surface area (Å²) in [7, 11) is 0. The number of hydrogen-bond acceptors (Lipinski definition) is 2. The zero-order valence-electron chi connectivity index (χ0n) is 7.70. The Hall–Kier alpha value is -1.22. The lowest BCUT2D eigenvalue weighted by Gasteiger charge is -2.31. The Morgan fingerprint density at radius 2 is 2.36 bits per heavy atom. The average Bonchev–Trinajstić information content (AvgIpc) is 2.43. The first-order valence-electron chi connectivity index (χ1n) is 4.88. The van der Waals surface area contributed by atoms with E-state index in [-0.39, 0.29) is 5.82 Å². The van der Waals surface area contributed by atoms with Crippen molar-refractivity contribution in [1.82, 2.24) is 10.3 Å². The molecule has 3 heteroatoms. The number of rotatable bonds is 1. The SMILES string of the molecule is Fc1cncc(C2=C[C@H]3NC[C@H]3C2)c1. The molecule has 0 saturated carbocycles. The number of aromatic nitrogens is 1. The number of fused-ring (bicyclic) bond motifs is 1. The molecule has 0 aromatic carbocycles. The summed E-state index contributed by atoms with van der Waals surface area (Å²) >= 11 is 0. The van der Waals surface area contributed by atoms with Crippen LogP contribution < -0.4 is 5.32 Å². The van der Waals surface area contributed by atoms with Crippen LogP contribution in [-0.2, 0) is 0 Å². The molecule has 14 heavy (non-hydrogen) atoms. The van der Waals surface area contributed by atoms with E-state index in [1.54, 1.807) is 12.3 Å². The van der Waals surface area contributed by atoms with Crippen LogP contribution in [0, 0.1) is 11.7 Å². The van der Waals surface area contributed by atoms with Crippen LogP contribution in [0.5, 0.6) is 0 Å². The first kappa shape index (κ1) is 8.12. The molecule has 2 nitrogen and oxygen atoms in total. The summed E-state index contributed by atoms with van der Waals surface area (Å²) in [5.74, 6) is 0.476. The number of nitrogens with one attached hydrogen (secondary N) is 1. The topological polar surface area (TPSA) is 24.9 Å². The van der Waals surface area contributed by atoms with Crippen molar-refractivity contribution in [2.45, 2.75) is 12.5 Å². The molecule has 1 saturated heterocycles. The van der Waals surface area contributed by atoms with E-state index in [0.717, 1.165) is 24.4 Å². The van der Waals surface area contributed by atoms with Crippen LogP contribution in [0.15, 0.2) is 24.5 Å². The van der Waals surface area contributed by atoms with Gasteiger partial charge >= 0.3 is 0 Å². The lowest BCUT2D eigenvalue weighted by atomic mass is 9.94. The minimum Gasteiger partial charge on any atom is -0.310 e. The zero-order chi connectivity index (χ0) is 9.54. The monoisotopic (exact) mass is 190 g/mol. The molecular formula is C11H11FN2. The molecule has 2 aliphatic rings. The summed E-state index contributed by atoms with van der Waals surface area (Å²) in [5, 5.41) is 3.33. The predicted molar refractivity (Wildman–Crippen MR) is 52.1 cm³/mol. The minimum atomic E-state index is -0.254. The molecule has 1 aromatic rings. The fourth-order valence-corrected chi connectivity index (χ4v) is 2.18. The lowest BCUT2D eigenvalue weighted by molar-refractivity contribution is 0.301. The van der Waals surface area contributed by atoms with E-state index >= 15 is 0 Å². The first-order valence-corrected chi connectivity index (χ1v) is 4.88.